The topological polar surface area (TPSA) is 67.9 Å². The highest BCUT2D eigenvalue weighted by Gasteiger charge is 2.45. The Kier molecular flexibility index (Phi) is 4.10. The lowest BCUT2D eigenvalue weighted by molar-refractivity contribution is -0.159. The van der Waals surface area contributed by atoms with Crippen molar-refractivity contribution >= 4 is 11.8 Å². The maximum absolute atomic E-state index is 12.5. The maximum atomic E-state index is 12.5. The highest BCUT2D eigenvalue weighted by molar-refractivity contribution is 5.99. The van der Waals surface area contributed by atoms with Gasteiger partial charge >= 0.3 is 0 Å². The molecule has 2 aliphatic heterocycles. The SMILES string of the molecule is CCC1C(=O)NC(C)(C)C(=O)N1CC1COCCO1. The molecule has 0 aromatic rings. The summed E-state index contributed by atoms with van der Waals surface area (Å²) in [6.45, 7) is 7.37. The fourth-order valence-electron chi connectivity index (χ4n) is 2.56. The molecule has 1 N–H and O–H groups in total. The number of carbonyl (C=O) groups is 2. The van der Waals surface area contributed by atoms with Gasteiger partial charge in [0.15, 0.2) is 0 Å². The molecule has 0 aromatic heterocycles. The molecule has 0 radical (unpaired) electrons. The van der Waals surface area contributed by atoms with Crippen molar-refractivity contribution in [2.75, 3.05) is 26.4 Å². The van der Waals surface area contributed by atoms with Crippen LogP contribution in [0.5, 0.6) is 0 Å². The number of carbonyl (C=O) groups excluding carboxylic acids is 2. The second kappa shape index (κ2) is 5.46. The number of hydrogen-bond acceptors (Lipinski definition) is 4. The third-order valence-corrected chi connectivity index (χ3v) is 3.58. The maximum Gasteiger partial charge on any atom is 0.248 e. The van der Waals surface area contributed by atoms with Gasteiger partial charge in [0.05, 0.1) is 32.5 Å². The van der Waals surface area contributed by atoms with Crippen molar-refractivity contribution in [1.82, 2.24) is 10.2 Å². The molecule has 2 atom stereocenters. The Morgan fingerprint density at radius 2 is 2.11 bits per heavy atom. The molecule has 2 fully saturated rings. The van der Waals surface area contributed by atoms with E-state index in [1.54, 1.807) is 18.7 Å². The lowest BCUT2D eigenvalue weighted by atomic mass is 9.95. The molecule has 0 aliphatic carbocycles. The number of nitrogens with zero attached hydrogens (tertiary/aromatic N) is 1. The first kappa shape index (κ1) is 14.3. The highest BCUT2D eigenvalue weighted by atomic mass is 16.6. The summed E-state index contributed by atoms with van der Waals surface area (Å²) in [6, 6.07) is -0.411. The van der Waals surface area contributed by atoms with Gasteiger partial charge in [-0.1, -0.05) is 6.92 Å². The summed E-state index contributed by atoms with van der Waals surface area (Å²) < 4.78 is 10.9. The predicted octanol–water partition coefficient (Wildman–Crippen LogP) is -0.0826. The second-order valence-electron chi connectivity index (χ2n) is 5.56. The van der Waals surface area contributed by atoms with Gasteiger partial charge in [0.25, 0.3) is 0 Å². The molecule has 6 heteroatoms. The van der Waals surface area contributed by atoms with Crippen LogP contribution in [0.3, 0.4) is 0 Å². The molecular weight excluding hydrogens is 248 g/mol. The summed E-state index contributed by atoms with van der Waals surface area (Å²) in [5.74, 6) is -0.156. The molecule has 0 bridgehead atoms. The van der Waals surface area contributed by atoms with Gasteiger partial charge in [0, 0.05) is 0 Å². The van der Waals surface area contributed by atoms with E-state index in [-0.39, 0.29) is 17.9 Å². The monoisotopic (exact) mass is 270 g/mol. The number of amides is 2. The van der Waals surface area contributed by atoms with Gasteiger partial charge in [-0.25, -0.2) is 0 Å². The molecule has 2 aliphatic rings. The summed E-state index contributed by atoms with van der Waals surface area (Å²) in [4.78, 5) is 26.1. The average Bonchev–Trinajstić information content (AvgIpc) is 2.37. The van der Waals surface area contributed by atoms with E-state index < -0.39 is 11.6 Å². The zero-order valence-corrected chi connectivity index (χ0v) is 11.8. The van der Waals surface area contributed by atoms with Crippen LogP contribution in [0.15, 0.2) is 0 Å². The Labute approximate surface area is 113 Å². The fourth-order valence-corrected chi connectivity index (χ4v) is 2.56. The smallest absolute Gasteiger partial charge is 0.248 e. The zero-order valence-electron chi connectivity index (χ0n) is 11.8. The molecule has 19 heavy (non-hydrogen) atoms. The van der Waals surface area contributed by atoms with Crippen molar-refractivity contribution in [2.45, 2.75) is 44.9 Å². The largest absolute Gasteiger partial charge is 0.376 e. The zero-order chi connectivity index (χ0) is 14.0. The van der Waals surface area contributed by atoms with Crippen molar-refractivity contribution in [1.29, 1.82) is 0 Å². The Balaban J connectivity index is 2.12. The minimum absolute atomic E-state index is 0.0619. The van der Waals surface area contributed by atoms with E-state index in [0.717, 1.165) is 0 Å². The van der Waals surface area contributed by atoms with Gasteiger partial charge < -0.3 is 19.7 Å². The molecule has 2 unspecified atom stereocenters. The lowest BCUT2D eigenvalue weighted by Gasteiger charge is -2.44. The van der Waals surface area contributed by atoms with E-state index in [0.29, 0.717) is 32.8 Å². The first-order chi connectivity index (χ1) is 8.95. The van der Waals surface area contributed by atoms with E-state index in [2.05, 4.69) is 5.32 Å². The van der Waals surface area contributed by atoms with E-state index in [4.69, 9.17) is 9.47 Å². The molecule has 2 amide bonds. The predicted molar refractivity (Wildman–Crippen MR) is 68.6 cm³/mol. The highest BCUT2D eigenvalue weighted by Crippen LogP contribution is 2.21. The van der Waals surface area contributed by atoms with Crippen molar-refractivity contribution in [3.8, 4) is 0 Å². The minimum atomic E-state index is -0.849. The molecule has 6 nitrogen and oxygen atoms in total. The van der Waals surface area contributed by atoms with Gasteiger partial charge in [0.2, 0.25) is 11.8 Å². The first-order valence-electron chi connectivity index (χ1n) is 6.78. The van der Waals surface area contributed by atoms with E-state index in [9.17, 15) is 9.59 Å². The first-order valence-corrected chi connectivity index (χ1v) is 6.78. The average molecular weight is 270 g/mol. The molecule has 2 rings (SSSR count). The Morgan fingerprint density at radius 1 is 1.37 bits per heavy atom. The van der Waals surface area contributed by atoms with E-state index >= 15 is 0 Å². The fraction of sp³-hybridized carbons (Fsp3) is 0.846. The summed E-state index contributed by atoms with van der Waals surface area (Å²) in [5.41, 5.74) is -0.849. The standard InChI is InChI=1S/C13H22N2O4/c1-4-10-11(16)14-13(2,3)12(17)15(10)7-9-8-18-5-6-19-9/h9-10H,4-8H2,1-3H3,(H,14,16). The Morgan fingerprint density at radius 3 is 2.68 bits per heavy atom. The van der Waals surface area contributed by atoms with Crippen LogP contribution in [0.1, 0.15) is 27.2 Å². The van der Waals surface area contributed by atoms with Crippen LogP contribution >= 0.6 is 0 Å². The molecule has 108 valence electrons. The van der Waals surface area contributed by atoms with Crippen molar-refractivity contribution in [3.63, 3.8) is 0 Å². The number of ether oxygens (including phenoxy) is 2. The summed E-state index contributed by atoms with van der Waals surface area (Å²) in [5, 5.41) is 2.77. The third kappa shape index (κ3) is 2.90. The number of rotatable bonds is 3. The Bertz CT molecular complexity index is 364. The summed E-state index contributed by atoms with van der Waals surface area (Å²) >= 11 is 0. The Hall–Kier alpha value is -1.14. The van der Waals surface area contributed by atoms with Gasteiger partial charge in [-0.3, -0.25) is 9.59 Å². The van der Waals surface area contributed by atoms with Gasteiger partial charge in [-0.15, -0.1) is 0 Å². The van der Waals surface area contributed by atoms with Gasteiger partial charge in [0.1, 0.15) is 11.6 Å². The van der Waals surface area contributed by atoms with E-state index in [1.807, 2.05) is 6.92 Å². The van der Waals surface area contributed by atoms with Crippen molar-refractivity contribution in [2.24, 2.45) is 0 Å². The summed E-state index contributed by atoms with van der Waals surface area (Å²) in [6.07, 6.45) is 0.453. The van der Waals surface area contributed by atoms with Gasteiger partial charge in [-0.2, -0.15) is 0 Å². The van der Waals surface area contributed by atoms with Crippen molar-refractivity contribution in [3.05, 3.63) is 0 Å². The van der Waals surface area contributed by atoms with E-state index in [1.165, 1.54) is 0 Å². The van der Waals surface area contributed by atoms with Crippen LogP contribution in [0.25, 0.3) is 0 Å². The summed E-state index contributed by atoms with van der Waals surface area (Å²) in [7, 11) is 0. The second-order valence-corrected chi connectivity index (χ2v) is 5.56. The van der Waals surface area contributed by atoms with Gasteiger partial charge in [-0.05, 0) is 20.3 Å². The van der Waals surface area contributed by atoms with Crippen LogP contribution in [-0.4, -0.2) is 60.8 Å². The van der Waals surface area contributed by atoms with Crippen LogP contribution in [0.2, 0.25) is 0 Å². The molecule has 2 heterocycles. The normalized spacial score (nSPS) is 31.2. The third-order valence-electron chi connectivity index (χ3n) is 3.58. The minimum Gasteiger partial charge on any atom is -0.376 e. The molecular formula is C13H22N2O4. The molecule has 0 spiro atoms. The van der Waals surface area contributed by atoms with Crippen LogP contribution in [-0.2, 0) is 19.1 Å². The quantitative estimate of drug-likeness (QED) is 0.779. The molecule has 0 aromatic carbocycles. The van der Waals surface area contributed by atoms with Crippen molar-refractivity contribution < 1.29 is 19.1 Å². The number of piperazine rings is 1. The lowest BCUT2D eigenvalue weighted by Crippen LogP contribution is -2.69. The van der Waals surface area contributed by atoms with Crippen LogP contribution in [0, 0.1) is 0 Å². The molecule has 0 saturated carbocycles. The number of hydrogen-bond donors (Lipinski definition) is 1. The van der Waals surface area contributed by atoms with Crippen LogP contribution in [0.4, 0.5) is 0 Å². The number of nitrogens with one attached hydrogen (secondary N) is 1. The molecule has 2 saturated heterocycles. The van der Waals surface area contributed by atoms with Crippen LogP contribution < -0.4 is 5.32 Å².